The van der Waals surface area contributed by atoms with Gasteiger partial charge >= 0.3 is 0 Å². The molecule has 5 rings (SSSR count). The minimum atomic E-state index is -0.400. The van der Waals surface area contributed by atoms with Crippen molar-refractivity contribution in [1.82, 2.24) is 24.7 Å². The Hall–Kier alpha value is -3.50. The first kappa shape index (κ1) is 21.7. The van der Waals surface area contributed by atoms with E-state index < -0.39 is 5.91 Å². The maximum absolute atomic E-state index is 13.0. The number of β-amino-alcohol motifs (C(OH)–C–C–N with tert-alkyl or cyclic N) is 1. The van der Waals surface area contributed by atoms with E-state index >= 15 is 0 Å². The van der Waals surface area contributed by atoms with Gasteiger partial charge in [-0.2, -0.15) is 5.10 Å². The maximum atomic E-state index is 13.0. The van der Waals surface area contributed by atoms with Crippen LogP contribution in [-0.4, -0.2) is 54.9 Å². The van der Waals surface area contributed by atoms with Gasteiger partial charge in [-0.15, -0.1) is 12.4 Å². The van der Waals surface area contributed by atoms with Gasteiger partial charge in [0, 0.05) is 31.7 Å². The van der Waals surface area contributed by atoms with Gasteiger partial charge in [0.15, 0.2) is 5.69 Å². The van der Waals surface area contributed by atoms with Crippen molar-refractivity contribution in [2.24, 2.45) is 7.05 Å². The van der Waals surface area contributed by atoms with Crippen LogP contribution >= 0.6 is 12.4 Å². The molecule has 2 N–H and O–H groups in total. The highest BCUT2D eigenvalue weighted by molar-refractivity contribution is 6.06. The summed E-state index contributed by atoms with van der Waals surface area (Å²) in [5.74, 6) is 0.438. The summed E-state index contributed by atoms with van der Waals surface area (Å²) in [6.07, 6.45) is 5.00. The number of nitrogens with one attached hydrogen (secondary N) is 1. The van der Waals surface area contributed by atoms with Crippen molar-refractivity contribution in [3.8, 4) is 11.6 Å². The summed E-state index contributed by atoms with van der Waals surface area (Å²) in [6, 6.07) is 5.54. The minimum Gasteiger partial charge on any atom is -0.442 e. The molecule has 1 aromatic carbocycles. The average Bonchev–Trinajstić information content (AvgIpc) is 3.48. The number of anilines is 2. The van der Waals surface area contributed by atoms with Gasteiger partial charge in [0.2, 0.25) is 5.89 Å². The lowest BCUT2D eigenvalue weighted by molar-refractivity contribution is 0.102. The van der Waals surface area contributed by atoms with Crippen LogP contribution in [0.25, 0.3) is 22.5 Å². The number of amides is 1. The Morgan fingerprint density at radius 2 is 2.16 bits per heavy atom. The van der Waals surface area contributed by atoms with Crippen LogP contribution in [0.5, 0.6) is 0 Å². The van der Waals surface area contributed by atoms with Crippen molar-refractivity contribution in [2.75, 3.05) is 23.3 Å². The highest BCUT2D eigenvalue weighted by Gasteiger charge is 2.25. The second-order valence-corrected chi connectivity index (χ2v) is 7.57. The summed E-state index contributed by atoms with van der Waals surface area (Å²) in [5, 5.41) is 18.2. The summed E-state index contributed by atoms with van der Waals surface area (Å²) in [7, 11) is 1.85. The number of aliphatic hydroxyl groups is 1. The molecule has 0 bridgehead atoms. The van der Waals surface area contributed by atoms with E-state index in [2.05, 4.69) is 30.3 Å². The molecule has 4 aromatic rings. The number of hydrogen-bond acceptors (Lipinski definition) is 8. The van der Waals surface area contributed by atoms with Gasteiger partial charge in [-0.3, -0.25) is 9.48 Å². The van der Waals surface area contributed by atoms with Crippen molar-refractivity contribution >= 4 is 40.6 Å². The topological polar surface area (TPSA) is 122 Å². The fourth-order valence-corrected chi connectivity index (χ4v) is 3.77. The third-order valence-electron chi connectivity index (χ3n) is 5.35. The first-order valence-electron chi connectivity index (χ1n) is 9.93. The maximum Gasteiger partial charge on any atom is 0.277 e. The lowest BCUT2D eigenvalue weighted by Crippen LogP contribution is -2.23. The van der Waals surface area contributed by atoms with Gasteiger partial charge in [-0.1, -0.05) is 0 Å². The van der Waals surface area contributed by atoms with E-state index in [9.17, 15) is 9.90 Å². The Morgan fingerprint density at radius 1 is 1.31 bits per heavy atom. The molecular weight excluding hydrogens is 434 g/mol. The number of aromatic nitrogens is 5. The standard InChI is InChI=1S/C21H21N7O3.ClH/c1-12-22-5-3-15(24-12)21-26-17(11-31-21)20(30)25-16-8-18-13(9-23-27(18)2)7-19(16)28-6-4-14(29)10-28;/h3,5,7-9,11,14,29H,4,6,10H2,1-2H3,(H,25,30);1H. The number of rotatable bonds is 4. The second kappa shape index (κ2) is 8.56. The monoisotopic (exact) mass is 455 g/mol. The number of aliphatic hydroxyl groups excluding tert-OH is 1. The number of carbonyl (C=O) groups is 1. The number of aryl methyl sites for hydroxylation is 2. The van der Waals surface area contributed by atoms with Gasteiger partial charge in [0.25, 0.3) is 5.91 Å². The van der Waals surface area contributed by atoms with Gasteiger partial charge < -0.3 is 19.7 Å². The third kappa shape index (κ3) is 4.02. The Morgan fingerprint density at radius 3 is 2.91 bits per heavy atom. The van der Waals surface area contributed by atoms with Crippen molar-refractivity contribution in [3.63, 3.8) is 0 Å². The number of hydrogen-bond donors (Lipinski definition) is 2. The van der Waals surface area contributed by atoms with E-state index in [1.54, 1.807) is 30.1 Å². The lowest BCUT2D eigenvalue weighted by Gasteiger charge is -2.22. The summed E-state index contributed by atoms with van der Waals surface area (Å²) < 4.78 is 7.22. The molecule has 1 aliphatic rings. The molecule has 166 valence electrons. The van der Waals surface area contributed by atoms with Crippen LogP contribution in [-0.2, 0) is 7.05 Å². The third-order valence-corrected chi connectivity index (χ3v) is 5.35. The highest BCUT2D eigenvalue weighted by atomic mass is 35.5. The molecule has 4 heterocycles. The summed E-state index contributed by atoms with van der Waals surface area (Å²) in [6.45, 7) is 2.98. The van der Waals surface area contributed by atoms with E-state index in [0.717, 1.165) is 16.6 Å². The Labute approximate surface area is 189 Å². The molecule has 1 fully saturated rings. The largest absolute Gasteiger partial charge is 0.442 e. The fraction of sp³-hybridized carbons (Fsp3) is 0.286. The van der Waals surface area contributed by atoms with Crippen LogP contribution < -0.4 is 10.2 Å². The number of nitrogens with zero attached hydrogens (tertiary/aromatic N) is 6. The smallest absolute Gasteiger partial charge is 0.277 e. The molecule has 1 unspecified atom stereocenters. The van der Waals surface area contributed by atoms with Crippen LogP contribution in [0.4, 0.5) is 11.4 Å². The van der Waals surface area contributed by atoms with E-state index in [1.807, 2.05) is 19.2 Å². The number of fused-ring (bicyclic) bond motifs is 1. The minimum absolute atomic E-state index is 0. The summed E-state index contributed by atoms with van der Waals surface area (Å²) in [5.41, 5.74) is 2.99. The van der Waals surface area contributed by atoms with Crippen molar-refractivity contribution in [3.05, 3.63) is 48.4 Å². The Bertz CT molecular complexity index is 1290. The second-order valence-electron chi connectivity index (χ2n) is 7.57. The summed E-state index contributed by atoms with van der Waals surface area (Å²) in [4.78, 5) is 27.6. The number of benzene rings is 1. The molecular formula is C21H22ClN7O3. The first-order chi connectivity index (χ1) is 15.0. The van der Waals surface area contributed by atoms with Crippen LogP contribution in [0.2, 0.25) is 0 Å². The molecule has 1 aliphatic heterocycles. The van der Waals surface area contributed by atoms with Crippen LogP contribution in [0.1, 0.15) is 22.7 Å². The molecule has 0 radical (unpaired) electrons. The van der Waals surface area contributed by atoms with Crippen molar-refractivity contribution in [1.29, 1.82) is 0 Å². The van der Waals surface area contributed by atoms with Crippen molar-refractivity contribution in [2.45, 2.75) is 19.4 Å². The SMILES string of the molecule is Cc1nccc(-c2nc(C(=O)Nc3cc4c(cnn4C)cc3N3CCC(O)C3)co2)n1.Cl. The van der Waals surface area contributed by atoms with E-state index in [-0.39, 0.29) is 30.1 Å². The predicted molar refractivity (Wildman–Crippen MR) is 121 cm³/mol. The van der Waals surface area contributed by atoms with E-state index in [1.165, 1.54) is 6.26 Å². The Kier molecular flexibility index (Phi) is 5.81. The number of oxazole rings is 1. The molecule has 0 aliphatic carbocycles. The van der Waals surface area contributed by atoms with Crippen LogP contribution in [0.3, 0.4) is 0 Å². The molecule has 32 heavy (non-hydrogen) atoms. The first-order valence-corrected chi connectivity index (χ1v) is 9.93. The molecule has 1 atom stereocenters. The lowest BCUT2D eigenvalue weighted by atomic mass is 10.1. The molecule has 1 saturated heterocycles. The molecule has 0 spiro atoms. The molecule has 10 nitrogen and oxygen atoms in total. The highest BCUT2D eigenvalue weighted by Crippen LogP contribution is 2.34. The number of carbonyl (C=O) groups excluding carboxylic acids is 1. The zero-order valence-electron chi connectivity index (χ0n) is 17.5. The zero-order chi connectivity index (χ0) is 21.5. The predicted octanol–water partition coefficient (Wildman–Crippen LogP) is 2.57. The Balaban J connectivity index is 0.00000245. The van der Waals surface area contributed by atoms with Crippen LogP contribution in [0, 0.1) is 6.92 Å². The number of halogens is 1. The van der Waals surface area contributed by atoms with Gasteiger partial charge in [0.05, 0.1) is 29.2 Å². The van der Waals surface area contributed by atoms with Gasteiger partial charge in [0.1, 0.15) is 17.8 Å². The summed E-state index contributed by atoms with van der Waals surface area (Å²) >= 11 is 0. The average molecular weight is 456 g/mol. The molecule has 3 aromatic heterocycles. The van der Waals surface area contributed by atoms with Gasteiger partial charge in [-0.05, 0) is 31.5 Å². The van der Waals surface area contributed by atoms with Crippen LogP contribution in [0.15, 0.2) is 41.3 Å². The van der Waals surface area contributed by atoms with E-state index in [0.29, 0.717) is 36.7 Å². The molecule has 0 saturated carbocycles. The van der Waals surface area contributed by atoms with Gasteiger partial charge in [-0.25, -0.2) is 15.0 Å². The fourth-order valence-electron chi connectivity index (χ4n) is 3.77. The zero-order valence-corrected chi connectivity index (χ0v) is 18.3. The molecule has 11 heteroatoms. The molecule has 1 amide bonds. The van der Waals surface area contributed by atoms with E-state index in [4.69, 9.17) is 4.42 Å². The van der Waals surface area contributed by atoms with Crippen molar-refractivity contribution < 1.29 is 14.3 Å². The quantitative estimate of drug-likeness (QED) is 0.481. The normalized spacial score (nSPS) is 15.7.